The number of fused-ring (bicyclic) bond motifs is 3. The number of piperidine rings is 1. The van der Waals surface area contributed by atoms with Crippen LogP contribution in [0.2, 0.25) is 5.02 Å². The third-order valence-electron chi connectivity index (χ3n) is 7.36. The number of aromatic nitrogens is 2. The van der Waals surface area contributed by atoms with Crippen molar-refractivity contribution in [1.29, 1.82) is 5.26 Å². The smallest absolute Gasteiger partial charge is 0.137 e. The van der Waals surface area contributed by atoms with Crippen LogP contribution in [0.4, 0.5) is 5.82 Å². The Balaban J connectivity index is 1.19. The van der Waals surface area contributed by atoms with Crippen LogP contribution in [0, 0.1) is 11.3 Å². The summed E-state index contributed by atoms with van der Waals surface area (Å²) in [6.07, 6.45) is 10.7. The first-order valence-electron chi connectivity index (χ1n) is 12.3. The Labute approximate surface area is 216 Å². The number of hydrogen-bond donors (Lipinski definition) is 0. The third-order valence-corrected chi connectivity index (χ3v) is 7.57. The van der Waals surface area contributed by atoms with E-state index in [4.69, 9.17) is 21.3 Å². The van der Waals surface area contributed by atoms with Gasteiger partial charge in [0.1, 0.15) is 11.6 Å². The fourth-order valence-electron chi connectivity index (χ4n) is 5.68. The van der Waals surface area contributed by atoms with Crippen LogP contribution in [0.3, 0.4) is 0 Å². The molecule has 5 aliphatic rings. The van der Waals surface area contributed by atoms with Gasteiger partial charge in [-0.05, 0) is 43.2 Å². The van der Waals surface area contributed by atoms with Gasteiger partial charge in [0.05, 0.1) is 41.7 Å². The summed E-state index contributed by atoms with van der Waals surface area (Å²) in [6.45, 7) is 5.92. The van der Waals surface area contributed by atoms with Gasteiger partial charge in [0.25, 0.3) is 0 Å². The van der Waals surface area contributed by atoms with Gasteiger partial charge in [0, 0.05) is 68.5 Å². The maximum Gasteiger partial charge on any atom is 0.137 e. The predicted octanol–water partition coefficient (Wildman–Crippen LogP) is 3.81. The predicted molar refractivity (Wildman–Crippen MR) is 138 cm³/mol. The Morgan fingerprint density at radius 2 is 2.03 bits per heavy atom. The molecule has 2 bridgehead atoms. The van der Waals surface area contributed by atoms with Crippen molar-refractivity contribution in [3.8, 4) is 6.07 Å². The lowest BCUT2D eigenvalue weighted by Crippen LogP contribution is -2.68. The second-order valence-electron chi connectivity index (χ2n) is 9.66. The van der Waals surface area contributed by atoms with E-state index in [0.29, 0.717) is 30.3 Å². The van der Waals surface area contributed by atoms with Crippen LogP contribution in [0.25, 0.3) is 5.57 Å². The maximum atomic E-state index is 9.75. The van der Waals surface area contributed by atoms with E-state index in [9.17, 15) is 5.26 Å². The topological polar surface area (TPSA) is 71.8 Å². The van der Waals surface area contributed by atoms with Crippen molar-refractivity contribution in [1.82, 2.24) is 24.9 Å². The van der Waals surface area contributed by atoms with Crippen LogP contribution >= 0.6 is 11.6 Å². The van der Waals surface area contributed by atoms with E-state index >= 15 is 0 Å². The van der Waals surface area contributed by atoms with Gasteiger partial charge >= 0.3 is 0 Å². The zero-order valence-electron chi connectivity index (χ0n) is 20.4. The Morgan fingerprint density at radius 1 is 1.19 bits per heavy atom. The van der Waals surface area contributed by atoms with Crippen molar-refractivity contribution in [2.24, 2.45) is 0 Å². The summed E-state index contributed by atoms with van der Waals surface area (Å²) < 4.78 is 5.82. The molecular weight excluding hydrogens is 474 g/mol. The van der Waals surface area contributed by atoms with Gasteiger partial charge in [0.15, 0.2) is 0 Å². The lowest BCUT2D eigenvalue weighted by Gasteiger charge is -2.56. The highest BCUT2D eigenvalue weighted by Crippen LogP contribution is 2.39. The van der Waals surface area contributed by atoms with Gasteiger partial charge in [-0.1, -0.05) is 11.6 Å². The molecule has 0 aliphatic carbocycles. The summed E-state index contributed by atoms with van der Waals surface area (Å²) in [4.78, 5) is 14.0. The molecule has 0 N–H and O–H groups in total. The molecule has 2 unspecified atom stereocenters. The Bertz CT molecular complexity index is 1300. The van der Waals surface area contributed by atoms with Gasteiger partial charge < -0.3 is 9.64 Å². The fourth-order valence-corrected chi connectivity index (χ4v) is 5.87. The van der Waals surface area contributed by atoms with Crippen LogP contribution in [0.1, 0.15) is 24.5 Å². The SMILES string of the molecule is CCOC1=CN2C(=C(C#N)CN2C)C(c2ccc(N3CC4CC(C3)N4Cc3cncc(Cl)c3)nc2)=C1. The molecular formula is C27H28ClN7O. The van der Waals surface area contributed by atoms with Crippen molar-refractivity contribution >= 4 is 23.0 Å². The van der Waals surface area contributed by atoms with Crippen molar-refractivity contribution in [3.05, 3.63) is 82.2 Å². The van der Waals surface area contributed by atoms with Crippen molar-refractivity contribution in [3.63, 3.8) is 0 Å². The van der Waals surface area contributed by atoms with Crippen LogP contribution in [0.5, 0.6) is 0 Å². The Hall–Kier alpha value is -3.38. The number of halogens is 1. The molecule has 0 aromatic carbocycles. The zero-order chi connectivity index (χ0) is 24.8. The van der Waals surface area contributed by atoms with E-state index in [2.05, 4.69) is 33.0 Å². The fraction of sp³-hybridized carbons (Fsp3) is 0.370. The number of hydrogen-bond acceptors (Lipinski definition) is 8. The van der Waals surface area contributed by atoms with Crippen LogP contribution in [0.15, 0.2) is 66.1 Å². The molecule has 0 spiro atoms. The monoisotopic (exact) mass is 501 g/mol. The number of nitrogens with zero attached hydrogens (tertiary/aromatic N) is 7. The molecule has 7 heterocycles. The quantitative estimate of drug-likeness (QED) is 0.591. The average molecular weight is 502 g/mol. The second kappa shape index (κ2) is 9.25. The summed E-state index contributed by atoms with van der Waals surface area (Å²) >= 11 is 6.12. The third kappa shape index (κ3) is 4.03. The van der Waals surface area contributed by atoms with Crippen molar-refractivity contribution < 1.29 is 4.74 Å². The first kappa shape index (κ1) is 23.0. The van der Waals surface area contributed by atoms with E-state index in [1.165, 1.54) is 6.42 Å². The molecule has 2 aromatic heterocycles. The molecule has 184 valence electrons. The van der Waals surface area contributed by atoms with E-state index in [1.54, 1.807) is 6.20 Å². The standard InChI is InChI=1S/C27H28ClN7O/c1-3-36-24-8-25(27-20(9-29)14-32(2)35(27)17-24)19-4-5-26(31-11-19)33-15-22-7-23(16-33)34(22)13-18-6-21(28)12-30-10-18/h4-6,8,10-12,17,22-23H,3,7,13-16H2,1-2H3. The van der Waals surface area contributed by atoms with Crippen LogP contribution in [-0.2, 0) is 11.3 Å². The minimum absolute atomic E-state index is 0.509. The number of nitriles is 1. The molecule has 0 amide bonds. The molecule has 2 aromatic rings. The van der Waals surface area contributed by atoms with Gasteiger partial charge in [-0.3, -0.25) is 14.9 Å². The van der Waals surface area contributed by atoms with Crippen LogP contribution < -0.4 is 4.90 Å². The number of pyridine rings is 2. The molecule has 0 saturated carbocycles. The number of allylic oxidation sites excluding steroid dienone is 2. The molecule has 2 atom stereocenters. The summed E-state index contributed by atoms with van der Waals surface area (Å²) in [5.74, 6) is 1.77. The van der Waals surface area contributed by atoms with E-state index in [-0.39, 0.29) is 0 Å². The normalized spacial score (nSPS) is 23.6. The molecule has 8 nitrogen and oxygen atoms in total. The Kier molecular flexibility index (Phi) is 5.92. The highest BCUT2D eigenvalue weighted by molar-refractivity contribution is 6.30. The minimum Gasteiger partial charge on any atom is -0.492 e. The first-order chi connectivity index (χ1) is 17.5. The molecule has 3 fully saturated rings. The number of ether oxygens (including phenoxy) is 1. The highest BCUT2D eigenvalue weighted by atomic mass is 35.5. The number of likely N-dealkylation sites (N-methyl/N-ethyl adjacent to an activating group) is 1. The zero-order valence-corrected chi connectivity index (χ0v) is 21.2. The number of anilines is 1. The lowest BCUT2D eigenvalue weighted by molar-refractivity contribution is -0.00875. The van der Waals surface area contributed by atoms with Gasteiger partial charge in [0.2, 0.25) is 0 Å². The summed E-state index contributed by atoms with van der Waals surface area (Å²) in [7, 11) is 1.97. The average Bonchev–Trinajstić information content (AvgIpc) is 3.23. The highest BCUT2D eigenvalue weighted by Gasteiger charge is 2.44. The number of hydrazine groups is 1. The summed E-state index contributed by atoms with van der Waals surface area (Å²) in [5, 5.41) is 14.5. The van der Waals surface area contributed by atoms with Gasteiger partial charge in [-0.15, -0.1) is 0 Å². The van der Waals surface area contributed by atoms with E-state index in [1.807, 2.05) is 54.7 Å². The molecule has 7 rings (SSSR count). The van der Waals surface area contributed by atoms with Crippen LogP contribution in [-0.4, -0.2) is 70.3 Å². The van der Waals surface area contributed by atoms with Crippen molar-refractivity contribution in [2.75, 3.05) is 38.2 Å². The number of rotatable bonds is 6. The van der Waals surface area contributed by atoms with E-state index < -0.39 is 0 Å². The number of piperazine rings is 1. The first-order valence-corrected chi connectivity index (χ1v) is 12.7. The molecule has 3 saturated heterocycles. The Morgan fingerprint density at radius 3 is 2.72 bits per heavy atom. The molecule has 9 heteroatoms. The molecule has 5 aliphatic heterocycles. The summed E-state index contributed by atoms with van der Waals surface area (Å²) in [6, 6.07) is 9.61. The molecule has 0 radical (unpaired) electrons. The largest absolute Gasteiger partial charge is 0.492 e. The van der Waals surface area contributed by atoms with Crippen molar-refractivity contribution in [2.45, 2.75) is 32.0 Å². The lowest BCUT2D eigenvalue weighted by atomic mass is 9.87. The van der Waals surface area contributed by atoms with Gasteiger partial charge in [-0.25, -0.2) is 9.99 Å². The van der Waals surface area contributed by atoms with E-state index in [0.717, 1.165) is 59.2 Å². The summed E-state index contributed by atoms with van der Waals surface area (Å²) in [5.41, 5.74) is 4.74. The van der Waals surface area contributed by atoms with Gasteiger partial charge in [-0.2, -0.15) is 5.26 Å². The second-order valence-corrected chi connectivity index (χ2v) is 10.1. The maximum absolute atomic E-state index is 9.75. The molecule has 36 heavy (non-hydrogen) atoms. The minimum atomic E-state index is 0.509.